The zero-order valence-electron chi connectivity index (χ0n) is 12.4. The third-order valence-corrected chi connectivity index (χ3v) is 3.05. The molecule has 20 heavy (non-hydrogen) atoms. The van der Waals surface area contributed by atoms with Crippen molar-refractivity contribution in [2.75, 3.05) is 6.54 Å². The molecule has 1 N–H and O–H groups in total. The molecule has 1 aromatic heterocycles. The maximum Gasteiger partial charge on any atom is 0.145 e. The van der Waals surface area contributed by atoms with Crippen LogP contribution in [0.4, 0.5) is 0 Å². The monoisotopic (exact) mass is 270 g/mol. The van der Waals surface area contributed by atoms with Gasteiger partial charge in [-0.25, -0.2) is 0 Å². The molecule has 0 aliphatic rings. The largest absolute Gasteiger partial charge is 0.456 e. The van der Waals surface area contributed by atoms with Crippen molar-refractivity contribution < 1.29 is 4.74 Å². The van der Waals surface area contributed by atoms with Crippen LogP contribution in [0.1, 0.15) is 25.0 Å². The average molecular weight is 270 g/mol. The Kier molecular flexibility index (Phi) is 5.13. The summed E-state index contributed by atoms with van der Waals surface area (Å²) in [6, 6.07) is 9.97. The second-order valence-electron chi connectivity index (χ2n) is 5.40. The molecule has 0 bridgehead atoms. The first kappa shape index (κ1) is 14.5. The number of hydrogen-bond donors (Lipinski definition) is 1. The van der Waals surface area contributed by atoms with Gasteiger partial charge in [-0.1, -0.05) is 19.9 Å². The van der Waals surface area contributed by atoms with Gasteiger partial charge in [-0.2, -0.15) is 0 Å². The molecule has 2 rings (SSSR count). The zero-order valence-corrected chi connectivity index (χ0v) is 12.4. The summed E-state index contributed by atoms with van der Waals surface area (Å²) in [7, 11) is 0. The molecule has 0 unspecified atom stereocenters. The lowest BCUT2D eigenvalue weighted by molar-refractivity contribution is 0.479. The van der Waals surface area contributed by atoms with Crippen molar-refractivity contribution in [1.29, 1.82) is 0 Å². The number of rotatable bonds is 6. The summed E-state index contributed by atoms with van der Waals surface area (Å²) in [5.74, 6) is 2.28. The predicted octanol–water partition coefficient (Wildman–Crippen LogP) is 3.93. The molecule has 0 spiro atoms. The molecule has 0 fully saturated rings. The van der Waals surface area contributed by atoms with Crippen molar-refractivity contribution in [1.82, 2.24) is 10.3 Å². The van der Waals surface area contributed by atoms with Crippen molar-refractivity contribution in [3.63, 3.8) is 0 Å². The number of nitrogens with zero attached hydrogens (tertiary/aromatic N) is 1. The quantitative estimate of drug-likeness (QED) is 0.863. The molecule has 0 atom stereocenters. The number of nitrogens with one attached hydrogen (secondary N) is 1. The van der Waals surface area contributed by atoms with Gasteiger partial charge in [-0.15, -0.1) is 0 Å². The van der Waals surface area contributed by atoms with Crippen LogP contribution in [0.3, 0.4) is 0 Å². The Balaban J connectivity index is 1.98. The number of benzene rings is 1. The Morgan fingerprint density at radius 2 is 2.05 bits per heavy atom. The van der Waals surface area contributed by atoms with Crippen LogP contribution in [0, 0.1) is 12.8 Å². The van der Waals surface area contributed by atoms with Gasteiger partial charge in [0.05, 0.1) is 6.20 Å². The number of aryl methyl sites for hydroxylation is 1. The number of ether oxygens (including phenoxy) is 1. The number of pyridine rings is 1. The van der Waals surface area contributed by atoms with Gasteiger partial charge in [0.15, 0.2) is 0 Å². The second-order valence-corrected chi connectivity index (χ2v) is 5.40. The molecule has 3 heteroatoms. The highest BCUT2D eigenvalue weighted by Gasteiger charge is 2.03. The molecule has 0 saturated heterocycles. The Labute approximate surface area is 121 Å². The van der Waals surface area contributed by atoms with Gasteiger partial charge in [0, 0.05) is 12.7 Å². The predicted molar refractivity (Wildman–Crippen MR) is 82.0 cm³/mol. The van der Waals surface area contributed by atoms with Crippen LogP contribution in [-0.2, 0) is 6.54 Å². The lowest BCUT2D eigenvalue weighted by atomic mass is 10.1. The van der Waals surface area contributed by atoms with E-state index in [9.17, 15) is 0 Å². The fourth-order valence-corrected chi connectivity index (χ4v) is 1.97. The summed E-state index contributed by atoms with van der Waals surface area (Å²) >= 11 is 0. The molecule has 0 saturated carbocycles. The van der Waals surface area contributed by atoms with E-state index in [0.29, 0.717) is 5.92 Å². The molecule has 0 aliphatic heterocycles. The van der Waals surface area contributed by atoms with E-state index in [4.69, 9.17) is 4.74 Å². The summed E-state index contributed by atoms with van der Waals surface area (Å²) in [6.45, 7) is 8.47. The van der Waals surface area contributed by atoms with Crippen LogP contribution >= 0.6 is 0 Å². The Morgan fingerprint density at radius 1 is 1.20 bits per heavy atom. The smallest absolute Gasteiger partial charge is 0.145 e. The summed E-state index contributed by atoms with van der Waals surface area (Å²) < 4.78 is 5.77. The standard InChI is InChI=1S/C17H22N2O/c1-13(2)10-19-11-15-6-7-16(9-14(15)3)20-17-5-4-8-18-12-17/h4-9,12-13,19H,10-11H2,1-3H3. The van der Waals surface area contributed by atoms with Crippen molar-refractivity contribution >= 4 is 0 Å². The van der Waals surface area contributed by atoms with E-state index in [-0.39, 0.29) is 0 Å². The van der Waals surface area contributed by atoms with Gasteiger partial charge in [0.1, 0.15) is 11.5 Å². The normalized spacial score (nSPS) is 10.8. The van der Waals surface area contributed by atoms with Crippen molar-refractivity contribution in [2.24, 2.45) is 5.92 Å². The van der Waals surface area contributed by atoms with Crippen molar-refractivity contribution in [2.45, 2.75) is 27.3 Å². The SMILES string of the molecule is Cc1cc(Oc2cccnc2)ccc1CNCC(C)C. The topological polar surface area (TPSA) is 34.1 Å². The Hall–Kier alpha value is -1.87. The van der Waals surface area contributed by atoms with Crippen LogP contribution < -0.4 is 10.1 Å². The minimum atomic E-state index is 0.670. The number of hydrogen-bond acceptors (Lipinski definition) is 3. The van der Waals surface area contributed by atoms with Gasteiger partial charge in [0.2, 0.25) is 0 Å². The van der Waals surface area contributed by atoms with Gasteiger partial charge < -0.3 is 10.1 Å². The molecule has 0 amide bonds. The minimum absolute atomic E-state index is 0.670. The maximum atomic E-state index is 5.77. The lowest BCUT2D eigenvalue weighted by Gasteiger charge is -2.11. The van der Waals surface area contributed by atoms with Crippen LogP contribution in [0.2, 0.25) is 0 Å². The molecule has 0 aliphatic carbocycles. The third kappa shape index (κ3) is 4.35. The van der Waals surface area contributed by atoms with Crippen molar-refractivity contribution in [3.8, 4) is 11.5 Å². The van der Waals surface area contributed by atoms with E-state index in [2.05, 4.69) is 43.2 Å². The zero-order chi connectivity index (χ0) is 14.4. The third-order valence-electron chi connectivity index (χ3n) is 3.05. The maximum absolute atomic E-state index is 5.77. The fraction of sp³-hybridized carbons (Fsp3) is 0.353. The minimum Gasteiger partial charge on any atom is -0.456 e. The first-order valence-electron chi connectivity index (χ1n) is 7.03. The van der Waals surface area contributed by atoms with Crippen LogP contribution in [0.5, 0.6) is 11.5 Å². The van der Waals surface area contributed by atoms with Gasteiger partial charge in [-0.05, 0) is 54.8 Å². The molecular weight excluding hydrogens is 248 g/mol. The van der Waals surface area contributed by atoms with Gasteiger partial charge in [-0.3, -0.25) is 4.98 Å². The second kappa shape index (κ2) is 7.06. The molecule has 1 heterocycles. The fourth-order valence-electron chi connectivity index (χ4n) is 1.97. The summed E-state index contributed by atoms with van der Waals surface area (Å²) in [4.78, 5) is 4.04. The highest BCUT2D eigenvalue weighted by atomic mass is 16.5. The van der Waals surface area contributed by atoms with E-state index in [1.807, 2.05) is 18.2 Å². The molecule has 106 valence electrons. The van der Waals surface area contributed by atoms with Gasteiger partial charge in [0.25, 0.3) is 0 Å². The van der Waals surface area contributed by atoms with E-state index in [1.54, 1.807) is 12.4 Å². The van der Waals surface area contributed by atoms with Crippen LogP contribution in [-0.4, -0.2) is 11.5 Å². The Bertz CT molecular complexity index is 538. The lowest BCUT2D eigenvalue weighted by Crippen LogP contribution is -2.19. The average Bonchev–Trinajstić information content (AvgIpc) is 2.42. The highest BCUT2D eigenvalue weighted by Crippen LogP contribution is 2.23. The first-order valence-corrected chi connectivity index (χ1v) is 7.03. The van der Waals surface area contributed by atoms with Crippen LogP contribution in [0.25, 0.3) is 0 Å². The van der Waals surface area contributed by atoms with Crippen LogP contribution in [0.15, 0.2) is 42.7 Å². The molecule has 2 aromatic rings. The first-order chi connectivity index (χ1) is 9.65. The summed E-state index contributed by atoms with van der Waals surface area (Å²) in [5.41, 5.74) is 2.55. The van der Waals surface area contributed by atoms with E-state index in [0.717, 1.165) is 24.6 Å². The molecule has 3 nitrogen and oxygen atoms in total. The van der Waals surface area contributed by atoms with Crippen molar-refractivity contribution in [3.05, 3.63) is 53.9 Å². The van der Waals surface area contributed by atoms with Gasteiger partial charge >= 0.3 is 0 Å². The number of aromatic nitrogens is 1. The highest BCUT2D eigenvalue weighted by molar-refractivity contribution is 5.37. The molecule has 0 radical (unpaired) electrons. The van der Waals surface area contributed by atoms with E-state index in [1.165, 1.54) is 11.1 Å². The Morgan fingerprint density at radius 3 is 2.70 bits per heavy atom. The van der Waals surface area contributed by atoms with E-state index < -0.39 is 0 Å². The molecule has 1 aromatic carbocycles. The van der Waals surface area contributed by atoms with E-state index >= 15 is 0 Å². The summed E-state index contributed by atoms with van der Waals surface area (Å²) in [5, 5.41) is 3.46. The summed E-state index contributed by atoms with van der Waals surface area (Å²) in [6.07, 6.45) is 3.45. The molecular formula is C17H22N2O.